The van der Waals surface area contributed by atoms with Gasteiger partial charge in [-0.3, -0.25) is 14.9 Å². The third-order valence-electron chi connectivity index (χ3n) is 3.90. The second-order valence-electron chi connectivity index (χ2n) is 5.58. The number of nitrogens with one attached hydrogen (secondary N) is 2. The van der Waals surface area contributed by atoms with Gasteiger partial charge in [0.25, 0.3) is 5.91 Å². The Morgan fingerprint density at radius 3 is 2.91 bits per heavy atom. The number of hydrogen-bond donors (Lipinski definition) is 2. The van der Waals surface area contributed by atoms with Gasteiger partial charge in [0, 0.05) is 13.1 Å². The summed E-state index contributed by atoms with van der Waals surface area (Å²) in [5, 5.41) is 8.32. The van der Waals surface area contributed by atoms with Crippen molar-refractivity contribution >= 4 is 17.8 Å². The number of amides is 4. The van der Waals surface area contributed by atoms with Crippen molar-refractivity contribution in [2.45, 2.75) is 38.1 Å². The molecule has 0 aromatic carbocycles. The molecule has 9 heteroatoms. The van der Waals surface area contributed by atoms with Crippen molar-refractivity contribution in [3.8, 4) is 0 Å². The summed E-state index contributed by atoms with van der Waals surface area (Å²) in [5.74, 6) is 0.513. The van der Waals surface area contributed by atoms with Crippen LogP contribution in [-0.4, -0.2) is 52.0 Å². The Hall–Kier alpha value is -2.45. The van der Waals surface area contributed by atoms with Crippen molar-refractivity contribution in [1.29, 1.82) is 0 Å². The largest absolute Gasteiger partial charge is 0.342 e. The second kappa shape index (κ2) is 5.74. The zero-order valence-corrected chi connectivity index (χ0v) is 12.2. The molecule has 2 aliphatic heterocycles. The highest BCUT2D eigenvalue weighted by molar-refractivity contribution is 6.05. The number of aryl methyl sites for hydroxylation is 1. The van der Waals surface area contributed by atoms with Gasteiger partial charge in [0.2, 0.25) is 11.8 Å². The number of carbonyl (C=O) groups excluding carboxylic acids is 3. The highest BCUT2D eigenvalue weighted by atomic mass is 16.5. The van der Waals surface area contributed by atoms with Gasteiger partial charge in [-0.2, -0.15) is 4.98 Å². The summed E-state index contributed by atoms with van der Waals surface area (Å²) in [6, 6.07) is -1.34. The number of hydrogen-bond acceptors (Lipinski definition) is 6. The topological polar surface area (TPSA) is 117 Å². The van der Waals surface area contributed by atoms with Crippen molar-refractivity contribution in [2.24, 2.45) is 0 Å². The number of aromatic nitrogens is 2. The van der Waals surface area contributed by atoms with Crippen molar-refractivity contribution in [3.63, 3.8) is 0 Å². The zero-order chi connectivity index (χ0) is 15.7. The van der Waals surface area contributed by atoms with E-state index in [4.69, 9.17) is 4.52 Å². The average molecular weight is 307 g/mol. The number of likely N-dealkylation sites (tertiary alicyclic amines) is 1. The van der Waals surface area contributed by atoms with E-state index in [1.54, 1.807) is 11.8 Å². The van der Waals surface area contributed by atoms with E-state index in [2.05, 4.69) is 20.8 Å². The van der Waals surface area contributed by atoms with Crippen molar-refractivity contribution < 1.29 is 18.9 Å². The van der Waals surface area contributed by atoms with Crippen molar-refractivity contribution in [3.05, 3.63) is 11.7 Å². The quantitative estimate of drug-likeness (QED) is 0.739. The Morgan fingerprint density at radius 2 is 2.27 bits per heavy atom. The molecule has 3 heterocycles. The van der Waals surface area contributed by atoms with Crippen LogP contribution >= 0.6 is 0 Å². The number of piperidine rings is 1. The number of nitrogens with zero attached hydrogens (tertiary/aromatic N) is 3. The third kappa shape index (κ3) is 2.92. The first-order chi connectivity index (χ1) is 10.5. The van der Waals surface area contributed by atoms with E-state index in [0.29, 0.717) is 24.8 Å². The molecule has 9 nitrogen and oxygen atoms in total. The van der Waals surface area contributed by atoms with E-state index >= 15 is 0 Å². The Bertz CT molecular complexity index is 613. The molecule has 0 bridgehead atoms. The first-order valence-corrected chi connectivity index (χ1v) is 7.22. The minimum Gasteiger partial charge on any atom is -0.342 e. The summed E-state index contributed by atoms with van der Waals surface area (Å²) in [6.07, 6.45) is 1.68. The van der Waals surface area contributed by atoms with Crippen LogP contribution in [0.2, 0.25) is 0 Å². The van der Waals surface area contributed by atoms with E-state index in [9.17, 15) is 14.4 Å². The molecular weight excluding hydrogens is 290 g/mol. The molecule has 0 radical (unpaired) electrons. The van der Waals surface area contributed by atoms with E-state index in [1.807, 2.05) is 0 Å². The summed E-state index contributed by atoms with van der Waals surface area (Å²) in [7, 11) is 0. The van der Waals surface area contributed by atoms with Crippen LogP contribution in [0.3, 0.4) is 0 Å². The third-order valence-corrected chi connectivity index (χ3v) is 3.90. The van der Waals surface area contributed by atoms with Crippen molar-refractivity contribution in [2.75, 3.05) is 13.1 Å². The van der Waals surface area contributed by atoms with Crippen LogP contribution in [-0.2, 0) is 9.59 Å². The molecule has 0 spiro atoms. The Kier molecular flexibility index (Phi) is 3.78. The van der Waals surface area contributed by atoms with Crippen molar-refractivity contribution in [1.82, 2.24) is 25.7 Å². The molecule has 1 aromatic heterocycles. The average Bonchev–Trinajstić information content (AvgIpc) is 3.05. The van der Waals surface area contributed by atoms with Gasteiger partial charge in [0.1, 0.15) is 6.04 Å². The summed E-state index contributed by atoms with van der Waals surface area (Å²) >= 11 is 0. The molecule has 2 saturated heterocycles. The summed E-state index contributed by atoms with van der Waals surface area (Å²) < 4.78 is 5.18. The minimum atomic E-state index is -0.786. The SMILES string of the molecule is Cc1noc([C@H]2CCCN(C(=O)C[C@@H]3NC(=O)NC3=O)C2)n1. The van der Waals surface area contributed by atoms with Gasteiger partial charge in [0.15, 0.2) is 5.82 Å². The lowest BCUT2D eigenvalue weighted by Crippen LogP contribution is -2.43. The van der Waals surface area contributed by atoms with Gasteiger partial charge in [-0.25, -0.2) is 4.79 Å². The first kappa shape index (κ1) is 14.5. The van der Waals surface area contributed by atoms with Crippen LogP contribution in [0.5, 0.6) is 0 Å². The molecule has 2 aliphatic rings. The fourth-order valence-electron chi connectivity index (χ4n) is 2.79. The van der Waals surface area contributed by atoms with Crippen LogP contribution in [0, 0.1) is 6.92 Å². The highest BCUT2D eigenvalue weighted by Crippen LogP contribution is 2.26. The number of imide groups is 1. The van der Waals surface area contributed by atoms with Crippen LogP contribution in [0.1, 0.15) is 36.9 Å². The lowest BCUT2D eigenvalue weighted by Gasteiger charge is -2.31. The van der Waals surface area contributed by atoms with Gasteiger partial charge in [-0.15, -0.1) is 0 Å². The molecule has 2 atom stereocenters. The van der Waals surface area contributed by atoms with Gasteiger partial charge < -0.3 is 14.7 Å². The highest BCUT2D eigenvalue weighted by Gasteiger charge is 2.34. The second-order valence-corrected chi connectivity index (χ2v) is 5.58. The predicted molar refractivity (Wildman–Crippen MR) is 72.7 cm³/mol. The lowest BCUT2D eigenvalue weighted by atomic mass is 9.97. The van der Waals surface area contributed by atoms with Crippen LogP contribution in [0.25, 0.3) is 0 Å². The normalized spacial score (nSPS) is 25.0. The summed E-state index contributed by atoms with van der Waals surface area (Å²) in [6.45, 7) is 2.87. The Morgan fingerprint density at radius 1 is 1.45 bits per heavy atom. The van der Waals surface area contributed by atoms with E-state index < -0.39 is 18.0 Å². The van der Waals surface area contributed by atoms with Gasteiger partial charge >= 0.3 is 6.03 Å². The molecule has 22 heavy (non-hydrogen) atoms. The van der Waals surface area contributed by atoms with Gasteiger partial charge in [-0.1, -0.05) is 5.16 Å². The van der Waals surface area contributed by atoms with Crippen LogP contribution in [0.4, 0.5) is 4.79 Å². The molecule has 2 fully saturated rings. The van der Waals surface area contributed by atoms with E-state index in [1.165, 1.54) is 0 Å². The number of carbonyl (C=O) groups is 3. The first-order valence-electron chi connectivity index (χ1n) is 7.22. The molecule has 0 saturated carbocycles. The smallest absolute Gasteiger partial charge is 0.322 e. The predicted octanol–water partition coefficient (Wildman–Crippen LogP) is -0.318. The van der Waals surface area contributed by atoms with E-state index in [0.717, 1.165) is 12.8 Å². The molecular formula is C13H17N5O4. The zero-order valence-electron chi connectivity index (χ0n) is 12.2. The Balaban J connectivity index is 1.60. The van der Waals surface area contributed by atoms with Gasteiger partial charge in [-0.05, 0) is 19.8 Å². The molecule has 3 rings (SSSR count). The van der Waals surface area contributed by atoms with E-state index in [-0.39, 0.29) is 18.2 Å². The monoisotopic (exact) mass is 307 g/mol. The lowest BCUT2D eigenvalue weighted by molar-refractivity contribution is -0.135. The molecule has 0 aliphatic carbocycles. The number of rotatable bonds is 3. The maximum atomic E-state index is 12.3. The molecule has 118 valence electrons. The fourth-order valence-corrected chi connectivity index (χ4v) is 2.79. The summed E-state index contributed by atoms with van der Waals surface area (Å²) in [5.41, 5.74) is 0. The molecule has 4 amide bonds. The standard InChI is InChI=1S/C13H17N5O4/c1-7-14-12(22-17-7)8-3-2-4-18(6-8)10(19)5-9-11(20)16-13(21)15-9/h8-9H,2-6H2,1H3,(H2,15,16,20,21)/t8-,9-/m0/s1. The summed E-state index contributed by atoms with van der Waals surface area (Å²) in [4.78, 5) is 40.8. The molecule has 2 N–H and O–H groups in total. The van der Waals surface area contributed by atoms with Crippen LogP contribution in [0.15, 0.2) is 4.52 Å². The fraction of sp³-hybridized carbons (Fsp3) is 0.615. The van der Waals surface area contributed by atoms with Crippen LogP contribution < -0.4 is 10.6 Å². The number of urea groups is 1. The minimum absolute atomic E-state index is 0.0193. The van der Waals surface area contributed by atoms with Gasteiger partial charge in [0.05, 0.1) is 12.3 Å². The molecule has 0 unspecified atom stereocenters. The maximum absolute atomic E-state index is 12.3. The Labute approximate surface area is 126 Å². The molecule has 1 aromatic rings. The maximum Gasteiger partial charge on any atom is 0.322 e.